The molecule has 28 heavy (non-hydrogen) atoms. The van der Waals surface area contributed by atoms with Crippen molar-refractivity contribution < 1.29 is 14.3 Å². The standard InChI is InChI=1S/C21H20N4O3/c1-13-3-4-15(11-14(13)2)23-20(26)17-7-8-22-21(25-17)24-16-5-6-18-19(12-16)28-10-9-27-18/h3-8,11-12H,9-10H2,1-2H3,(H,23,26)(H,22,24,25). The first kappa shape index (κ1) is 17.8. The van der Waals surface area contributed by atoms with Gasteiger partial charge in [-0.2, -0.15) is 0 Å². The molecule has 0 saturated carbocycles. The fourth-order valence-electron chi connectivity index (χ4n) is 2.81. The van der Waals surface area contributed by atoms with Crippen LogP contribution in [0.2, 0.25) is 0 Å². The second kappa shape index (κ2) is 7.56. The van der Waals surface area contributed by atoms with Gasteiger partial charge in [0.05, 0.1) is 0 Å². The Morgan fingerprint density at radius 2 is 1.71 bits per heavy atom. The van der Waals surface area contributed by atoms with Crippen molar-refractivity contribution in [2.45, 2.75) is 13.8 Å². The lowest BCUT2D eigenvalue weighted by Crippen LogP contribution is -2.16. The molecule has 0 fully saturated rings. The minimum Gasteiger partial charge on any atom is -0.486 e. The Bertz CT molecular complexity index is 1040. The van der Waals surface area contributed by atoms with Crippen molar-refractivity contribution in [1.29, 1.82) is 0 Å². The first-order chi connectivity index (χ1) is 13.6. The van der Waals surface area contributed by atoms with Crippen molar-refractivity contribution in [1.82, 2.24) is 9.97 Å². The number of ether oxygens (including phenoxy) is 2. The van der Waals surface area contributed by atoms with Crippen LogP contribution in [-0.4, -0.2) is 29.1 Å². The summed E-state index contributed by atoms with van der Waals surface area (Å²) in [5, 5.41) is 5.96. The Morgan fingerprint density at radius 1 is 0.929 bits per heavy atom. The molecule has 1 aliphatic heterocycles. The second-order valence-electron chi connectivity index (χ2n) is 6.50. The van der Waals surface area contributed by atoms with Gasteiger partial charge in [0.1, 0.15) is 18.9 Å². The fraction of sp³-hybridized carbons (Fsp3) is 0.190. The lowest BCUT2D eigenvalue weighted by Gasteiger charge is -2.19. The number of benzene rings is 2. The van der Waals surface area contributed by atoms with Crippen LogP contribution in [0.4, 0.5) is 17.3 Å². The number of nitrogens with zero attached hydrogens (tertiary/aromatic N) is 2. The highest BCUT2D eigenvalue weighted by atomic mass is 16.6. The molecule has 4 rings (SSSR count). The predicted octanol–water partition coefficient (Wildman–Crippen LogP) is 3.86. The van der Waals surface area contributed by atoms with Crippen LogP contribution in [0.25, 0.3) is 0 Å². The topological polar surface area (TPSA) is 85.4 Å². The van der Waals surface area contributed by atoms with Crippen LogP contribution in [0.15, 0.2) is 48.7 Å². The van der Waals surface area contributed by atoms with Crippen LogP contribution in [0.3, 0.4) is 0 Å². The average molecular weight is 376 g/mol. The van der Waals surface area contributed by atoms with Crippen molar-refractivity contribution in [3.8, 4) is 11.5 Å². The Kier molecular flexibility index (Phi) is 4.80. The summed E-state index contributed by atoms with van der Waals surface area (Å²) >= 11 is 0. The van der Waals surface area contributed by atoms with Crippen LogP contribution in [-0.2, 0) is 0 Å². The molecule has 0 saturated heterocycles. The molecule has 0 atom stereocenters. The number of carbonyl (C=O) groups excluding carboxylic acids is 1. The van der Waals surface area contributed by atoms with Crippen LogP contribution >= 0.6 is 0 Å². The zero-order valence-electron chi connectivity index (χ0n) is 15.7. The first-order valence-corrected chi connectivity index (χ1v) is 8.97. The minimum absolute atomic E-state index is 0.272. The van der Waals surface area contributed by atoms with E-state index in [9.17, 15) is 4.79 Å². The highest BCUT2D eigenvalue weighted by molar-refractivity contribution is 6.03. The third-order valence-corrected chi connectivity index (χ3v) is 4.45. The predicted molar refractivity (Wildman–Crippen MR) is 107 cm³/mol. The number of fused-ring (bicyclic) bond motifs is 1. The van der Waals surface area contributed by atoms with Crippen LogP contribution < -0.4 is 20.1 Å². The van der Waals surface area contributed by atoms with Gasteiger partial charge in [0.25, 0.3) is 5.91 Å². The molecule has 2 heterocycles. The van der Waals surface area contributed by atoms with E-state index in [1.54, 1.807) is 12.3 Å². The summed E-state index contributed by atoms with van der Waals surface area (Å²) in [6, 6.07) is 12.8. The zero-order chi connectivity index (χ0) is 19.5. The lowest BCUT2D eigenvalue weighted by atomic mass is 10.1. The summed E-state index contributed by atoms with van der Waals surface area (Å²) in [7, 11) is 0. The van der Waals surface area contributed by atoms with E-state index >= 15 is 0 Å². The molecule has 142 valence electrons. The summed E-state index contributed by atoms with van der Waals surface area (Å²) in [5.41, 5.74) is 4.03. The molecule has 0 bridgehead atoms. The number of hydrogen-bond donors (Lipinski definition) is 2. The lowest BCUT2D eigenvalue weighted by molar-refractivity contribution is 0.102. The molecule has 0 spiro atoms. The van der Waals surface area contributed by atoms with Gasteiger partial charge < -0.3 is 20.1 Å². The van der Waals surface area contributed by atoms with E-state index in [1.165, 1.54) is 5.56 Å². The molecular weight excluding hydrogens is 356 g/mol. The minimum atomic E-state index is -0.295. The van der Waals surface area contributed by atoms with Crippen LogP contribution in [0.5, 0.6) is 11.5 Å². The highest BCUT2D eigenvalue weighted by Crippen LogP contribution is 2.33. The molecular formula is C21H20N4O3. The van der Waals surface area contributed by atoms with Crippen molar-refractivity contribution in [2.75, 3.05) is 23.8 Å². The van der Waals surface area contributed by atoms with Gasteiger partial charge in [0, 0.05) is 23.6 Å². The summed E-state index contributed by atoms with van der Waals surface area (Å²) in [6.07, 6.45) is 1.54. The van der Waals surface area contributed by atoms with Crippen molar-refractivity contribution in [3.63, 3.8) is 0 Å². The van der Waals surface area contributed by atoms with E-state index in [0.717, 1.165) is 16.9 Å². The van der Waals surface area contributed by atoms with E-state index in [1.807, 2.05) is 50.2 Å². The van der Waals surface area contributed by atoms with Crippen LogP contribution in [0, 0.1) is 13.8 Å². The Labute approximate surface area is 162 Å². The van der Waals surface area contributed by atoms with E-state index < -0.39 is 0 Å². The Morgan fingerprint density at radius 3 is 2.54 bits per heavy atom. The molecule has 7 heteroatoms. The molecule has 1 aromatic heterocycles. The Hall–Kier alpha value is -3.61. The maximum Gasteiger partial charge on any atom is 0.274 e. The van der Waals surface area contributed by atoms with Crippen molar-refractivity contribution in [2.24, 2.45) is 0 Å². The summed E-state index contributed by atoms with van der Waals surface area (Å²) in [6.45, 7) is 5.09. The van der Waals surface area contributed by atoms with E-state index in [0.29, 0.717) is 30.7 Å². The normalized spacial score (nSPS) is 12.4. The number of anilines is 3. The van der Waals surface area contributed by atoms with Gasteiger partial charge in [-0.1, -0.05) is 6.07 Å². The summed E-state index contributed by atoms with van der Waals surface area (Å²) < 4.78 is 11.1. The van der Waals surface area contributed by atoms with E-state index in [-0.39, 0.29) is 11.6 Å². The summed E-state index contributed by atoms with van der Waals surface area (Å²) in [5.74, 6) is 1.40. The molecule has 0 aliphatic carbocycles. The van der Waals surface area contributed by atoms with Gasteiger partial charge >= 0.3 is 0 Å². The SMILES string of the molecule is Cc1ccc(NC(=O)c2ccnc(Nc3ccc4c(c3)OCCO4)n2)cc1C. The first-order valence-electron chi connectivity index (χ1n) is 8.97. The third kappa shape index (κ3) is 3.88. The maximum absolute atomic E-state index is 12.5. The molecule has 7 nitrogen and oxygen atoms in total. The molecule has 0 unspecified atom stereocenters. The largest absolute Gasteiger partial charge is 0.486 e. The second-order valence-corrected chi connectivity index (χ2v) is 6.50. The number of carbonyl (C=O) groups is 1. The van der Waals surface area contributed by atoms with Crippen molar-refractivity contribution in [3.05, 3.63) is 65.5 Å². The fourth-order valence-corrected chi connectivity index (χ4v) is 2.81. The number of hydrogen-bond acceptors (Lipinski definition) is 6. The number of amides is 1. The van der Waals surface area contributed by atoms with Crippen LogP contribution in [0.1, 0.15) is 21.6 Å². The maximum atomic E-state index is 12.5. The van der Waals surface area contributed by atoms with Gasteiger partial charge in [-0.3, -0.25) is 4.79 Å². The van der Waals surface area contributed by atoms with Crippen molar-refractivity contribution >= 4 is 23.2 Å². The van der Waals surface area contributed by atoms with Gasteiger partial charge in [-0.15, -0.1) is 0 Å². The van der Waals surface area contributed by atoms with E-state index in [2.05, 4.69) is 20.6 Å². The zero-order valence-corrected chi connectivity index (χ0v) is 15.7. The Balaban J connectivity index is 1.49. The molecule has 1 amide bonds. The molecule has 3 aromatic rings. The monoisotopic (exact) mass is 376 g/mol. The number of rotatable bonds is 4. The van der Waals surface area contributed by atoms with Gasteiger partial charge in [-0.05, 0) is 55.3 Å². The average Bonchev–Trinajstić information content (AvgIpc) is 2.71. The molecule has 1 aliphatic rings. The van der Waals surface area contributed by atoms with Gasteiger partial charge in [0.15, 0.2) is 11.5 Å². The third-order valence-electron chi connectivity index (χ3n) is 4.45. The molecule has 2 aromatic carbocycles. The summed E-state index contributed by atoms with van der Waals surface area (Å²) in [4.78, 5) is 21.0. The van der Waals surface area contributed by atoms with Gasteiger partial charge in [0.2, 0.25) is 5.95 Å². The molecule has 2 N–H and O–H groups in total. The number of aryl methyl sites for hydroxylation is 2. The van der Waals surface area contributed by atoms with E-state index in [4.69, 9.17) is 9.47 Å². The quantitative estimate of drug-likeness (QED) is 0.719. The van der Waals surface area contributed by atoms with Gasteiger partial charge in [-0.25, -0.2) is 9.97 Å². The number of aromatic nitrogens is 2. The molecule has 0 radical (unpaired) electrons. The highest BCUT2D eigenvalue weighted by Gasteiger charge is 2.13. The number of nitrogens with one attached hydrogen (secondary N) is 2. The smallest absolute Gasteiger partial charge is 0.274 e.